The Kier molecular flexibility index (Phi) is 5.83. The van der Waals surface area contributed by atoms with Crippen LogP contribution in [0.25, 0.3) is 0 Å². The molecule has 19 heavy (non-hydrogen) atoms. The lowest BCUT2D eigenvalue weighted by atomic mass is 10.3. The number of carbonyl (C=O) groups excluding carboxylic acids is 1. The Morgan fingerprint density at radius 2 is 2.26 bits per heavy atom. The van der Waals surface area contributed by atoms with Gasteiger partial charge < -0.3 is 9.80 Å². The minimum Gasteiger partial charge on any atom is -0.338 e. The number of terminal acetylenes is 1. The first-order valence-corrected chi connectivity index (χ1v) is 6.04. The van der Waals surface area contributed by atoms with Crippen molar-refractivity contribution in [2.75, 3.05) is 27.7 Å². The molecular weight excluding hydrogens is 240 g/mol. The number of rotatable bonds is 6. The lowest BCUT2D eigenvalue weighted by Gasteiger charge is -2.13. The predicted molar refractivity (Wildman–Crippen MR) is 75.2 cm³/mol. The van der Waals surface area contributed by atoms with E-state index in [4.69, 9.17) is 6.42 Å². The van der Waals surface area contributed by atoms with Crippen LogP contribution in [-0.4, -0.2) is 53.2 Å². The minimum absolute atomic E-state index is 0.0217. The predicted octanol–water partition coefficient (Wildman–Crippen LogP) is 0.592. The van der Waals surface area contributed by atoms with Gasteiger partial charge in [0.15, 0.2) is 0 Å². The lowest BCUT2D eigenvalue weighted by molar-refractivity contribution is -0.125. The Labute approximate surface area is 114 Å². The monoisotopic (exact) mass is 260 g/mol. The van der Waals surface area contributed by atoms with Gasteiger partial charge in [0.1, 0.15) is 6.54 Å². The van der Waals surface area contributed by atoms with E-state index in [1.165, 1.54) is 0 Å². The van der Waals surface area contributed by atoms with Crippen molar-refractivity contribution < 1.29 is 4.79 Å². The molecule has 0 atom stereocenters. The molecule has 0 aliphatic carbocycles. The lowest BCUT2D eigenvalue weighted by Crippen LogP contribution is -2.24. The van der Waals surface area contributed by atoms with E-state index >= 15 is 0 Å². The van der Waals surface area contributed by atoms with Crippen LogP contribution in [0.1, 0.15) is 5.56 Å². The van der Waals surface area contributed by atoms with Crippen molar-refractivity contribution in [1.29, 1.82) is 0 Å². The summed E-state index contributed by atoms with van der Waals surface area (Å²) >= 11 is 0. The van der Waals surface area contributed by atoms with Crippen LogP contribution >= 0.6 is 0 Å². The number of hydrogen-bond acceptors (Lipinski definition) is 3. The summed E-state index contributed by atoms with van der Waals surface area (Å²) in [6.07, 6.45) is 12.2. The molecular formula is C14H20N4O. The van der Waals surface area contributed by atoms with Crippen molar-refractivity contribution in [2.24, 2.45) is 0 Å². The molecule has 0 bridgehead atoms. The molecule has 0 saturated carbocycles. The molecule has 1 aromatic heterocycles. The molecule has 0 radical (unpaired) electrons. The first-order valence-electron chi connectivity index (χ1n) is 6.04. The van der Waals surface area contributed by atoms with Crippen LogP contribution in [0, 0.1) is 12.3 Å². The van der Waals surface area contributed by atoms with Gasteiger partial charge in [0.25, 0.3) is 0 Å². The van der Waals surface area contributed by atoms with Crippen molar-refractivity contribution in [3.05, 3.63) is 30.1 Å². The zero-order valence-corrected chi connectivity index (χ0v) is 11.7. The number of amides is 1. The largest absolute Gasteiger partial charge is 0.338 e. The fourth-order valence-corrected chi connectivity index (χ4v) is 1.51. The second kappa shape index (κ2) is 7.39. The molecule has 1 amide bonds. The number of nitrogens with zero attached hydrogens (tertiary/aromatic N) is 4. The molecule has 0 aliphatic rings. The summed E-state index contributed by atoms with van der Waals surface area (Å²) < 4.78 is 1.68. The molecule has 0 saturated heterocycles. The van der Waals surface area contributed by atoms with Gasteiger partial charge >= 0.3 is 0 Å². The number of likely N-dealkylation sites (N-methyl/N-ethyl adjacent to an activating group) is 2. The highest BCUT2D eigenvalue weighted by molar-refractivity contribution is 5.87. The van der Waals surface area contributed by atoms with E-state index in [-0.39, 0.29) is 5.91 Å². The number of carbonyl (C=O) groups is 1. The third kappa shape index (κ3) is 5.40. The number of hydrogen-bond donors (Lipinski definition) is 0. The second-order valence-electron chi connectivity index (χ2n) is 4.61. The number of aromatic nitrogens is 2. The van der Waals surface area contributed by atoms with Crippen molar-refractivity contribution in [1.82, 2.24) is 19.6 Å². The van der Waals surface area contributed by atoms with E-state index in [1.807, 2.05) is 31.3 Å². The molecule has 5 nitrogen and oxygen atoms in total. The maximum atomic E-state index is 11.8. The van der Waals surface area contributed by atoms with Gasteiger partial charge in [-0.3, -0.25) is 9.48 Å². The summed E-state index contributed by atoms with van der Waals surface area (Å²) in [5.41, 5.74) is 0.965. The highest BCUT2D eigenvalue weighted by Crippen LogP contribution is 2.02. The topological polar surface area (TPSA) is 41.4 Å². The van der Waals surface area contributed by atoms with Crippen LogP contribution in [0.3, 0.4) is 0 Å². The van der Waals surface area contributed by atoms with Crippen LogP contribution in [0.5, 0.6) is 0 Å². The first kappa shape index (κ1) is 15.0. The highest BCUT2D eigenvalue weighted by atomic mass is 16.2. The fourth-order valence-electron chi connectivity index (χ4n) is 1.51. The van der Waals surface area contributed by atoms with E-state index in [2.05, 4.69) is 11.0 Å². The highest BCUT2D eigenvalue weighted by Gasteiger charge is 2.07. The van der Waals surface area contributed by atoms with Gasteiger partial charge in [-0.2, -0.15) is 5.10 Å². The zero-order valence-electron chi connectivity index (χ0n) is 11.7. The van der Waals surface area contributed by atoms with Gasteiger partial charge in [-0.25, -0.2) is 0 Å². The molecule has 0 aliphatic heterocycles. The molecule has 0 aromatic carbocycles. The van der Waals surface area contributed by atoms with Crippen molar-refractivity contribution in [3.8, 4) is 12.3 Å². The average Bonchev–Trinajstić information content (AvgIpc) is 2.76. The zero-order chi connectivity index (χ0) is 14.3. The SMILES string of the molecule is C#CCn1cc(CN(C)C(=O)/C=C/CN(C)C)cn1. The van der Waals surface area contributed by atoms with E-state index in [1.54, 1.807) is 28.9 Å². The van der Waals surface area contributed by atoms with Crippen LogP contribution in [-0.2, 0) is 17.9 Å². The average molecular weight is 260 g/mol. The molecule has 1 heterocycles. The van der Waals surface area contributed by atoms with Crippen LogP contribution in [0.2, 0.25) is 0 Å². The van der Waals surface area contributed by atoms with Crippen LogP contribution in [0.15, 0.2) is 24.5 Å². The van der Waals surface area contributed by atoms with Gasteiger partial charge in [-0.05, 0) is 14.1 Å². The van der Waals surface area contributed by atoms with Crippen LogP contribution < -0.4 is 0 Å². The second-order valence-corrected chi connectivity index (χ2v) is 4.61. The van der Waals surface area contributed by atoms with Gasteiger partial charge in [0.05, 0.1) is 6.20 Å². The molecule has 5 heteroatoms. The van der Waals surface area contributed by atoms with E-state index in [0.717, 1.165) is 12.1 Å². The van der Waals surface area contributed by atoms with Crippen molar-refractivity contribution in [3.63, 3.8) is 0 Å². The normalized spacial score (nSPS) is 10.9. The van der Waals surface area contributed by atoms with Gasteiger partial charge in [0.2, 0.25) is 5.91 Å². The quantitative estimate of drug-likeness (QED) is 0.555. The van der Waals surface area contributed by atoms with Gasteiger partial charge in [0, 0.05) is 38.0 Å². The summed E-state index contributed by atoms with van der Waals surface area (Å²) in [7, 11) is 5.68. The molecule has 0 spiro atoms. The molecule has 0 unspecified atom stereocenters. The smallest absolute Gasteiger partial charge is 0.246 e. The van der Waals surface area contributed by atoms with Crippen molar-refractivity contribution in [2.45, 2.75) is 13.1 Å². The molecule has 102 valence electrons. The Morgan fingerprint density at radius 3 is 2.89 bits per heavy atom. The van der Waals surface area contributed by atoms with E-state index < -0.39 is 0 Å². The molecule has 0 fully saturated rings. The molecule has 0 N–H and O–H groups in total. The van der Waals surface area contributed by atoms with Crippen molar-refractivity contribution >= 4 is 5.91 Å². The first-order chi connectivity index (χ1) is 9.02. The Morgan fingerprint density at radius 1 is 1.53 bits per heavy atom. The van der Waals surface area contributed by atoms with E-state index in [9.17, 15) is 4.79 Å². The molecule has 1 rings (SSSR count). The van der Waals surface area contributed by atoms with Gasteiger partial charge in [-0.15, -0.1) is 6.42 Å². The summed E-state index contributed by atoms with van der Waals surface area (Å²) in [5.74, 6) is 2.49. The molecule has 1 aromatic rings. The Hall–Kier alpha value is -2.06. The Balaban J connectivity index is 2.49. The van der Waals surface area contributed by atoms with Gasteiger partial charge in [-0.1, -0.05) is 12.0 Å². The van der Waals surface area contributed by atoms with Crippen LogP contribution in [0.4, 0.5) is 0 Å². The third-order valence-electron chi connectivity index (χ3n) is 2.47. The summed E-state index contributed by atoms with van der Waals surface area (Å²) in [4.78, 5) is 15.5. The summed E-state index contributed by atoms with van der Waals surface area (Å²) in [6.45, 7) is 1.72. The fraction of sp³-hybridized carbons (Fsp3) is 0.429. The Bertz CT molecular complexity index is 482. The third-order valence-corrected chi connectivity index (χ3v) is 2.47. The van der Waals surface area contributed by atoms with E-state index in [0.29, 0.717) is 13.1 Å². The minimum atomic E-state index is -0.0217. The summed E-state index contributed by atoms with van der Waals surface area (Å²) in [6, 6.07) is 0. The standard InChI is InChI=1S/C14H20N4O/c1-5-8-18-12-13(10-15-18)11-17(4)14(19)7-6-9-16(2)3/h1,6-7,10,12H,8-9,11H2,2-4H3/b7-6+. The maximum Gasteiger partial charge on any atom is 0.246 e. The maximum absolute atomic E-state index is 11.8. The summed E-state index contributed by atoms with van der Waals surface area (Å²) in [5, 5.41) is 4.12.